The van der Waals surface area contributed by atoms with Crippen LogP contribution in [0.25, 0.3) is 0 Å². The Balaban J connectivity index is 1.71. The van der Waals surface area contributed by atoms with E-state index in [4.69, 9.17) is 10.00 Å². The number of carbonyl (C=O) groups excluding carboxylic acids is 1. The zero-order chi connectivity index (χ0) is 21.9. The Kier molecular flexibility index (Phi) is 6.15. The predicted octanol–water partition coefficient (Wildman–Crippen LogP) is 4.56. The second kappa shape index (κ2) is 8.61. The van der Waals surface area contributed by atoms with Gasteiger partial charge in [0.15, 0.2) is 5.82 Å². The molecule has 0 radical (unpaired) electrons. The van der Waals surface area contributed by atoms with E-state index in [0.717, 1.165) is 11.6 Å². The van der Waals surface area contributed by atoms with Crippen molar-refractivity contribution >= 4 is 11.8 Å². The number of benzene rings is 2. The zero-order valence-corrected chi connectivity index (χ0v) is 16.1. The summed E-state index contributed by atoms with van der Waals surface area (Å²) in [4.78, 5) is 15.3. The lowest BCUT2D eigenvalue weighted by atomic mass is 10.0. The van der Waals surface area contributed by atoms with E-state index in [-0.39, 0.29) is 31.9 Å². The van der Waals surface area contributed by atoms with Crippen molar-refractivity contribution in [3.8, 4) is 6.07 Å². The van der Waals surface area contributed by atoms with E-state index in [1.807, 2.05) is 30.3 Å². The van der Waals surface area contributed by atoms with Crippen LogP contribution in [-0.4, -0.2) is 36.7 Å². The van der Waals surface area contributed by atoms with Gasteiger partial charge >= 0.3 is 12.3 Å². The molecule has 158 valence electrons. The largest absolute Gasteiger partial charge is 0.445 e. The Bertz CT molecular complexity index is 957. The van der Waals surface area contributed by atoms with Crippen LogP contribution < -0.4 is 4.90 Å². The van der Waals surface area contributed by atoms with Crippen molar-refractivity contribution in [1.29, 1.82) is 5.26 Å². The van der Waals surface area contributed by atoms with Crippen LogP contribution in [-0.2, 0) is 17.5 Å². The maximum absolute atomic E-state index is 14.7. The van der Waals surface area contributed by atoms with Gasteiger partial charge in [-0.3, -0.25) is 0 Å². The minimum atomic E-state index is -4.99. The number of hydrogen-bond acceptors (Lipinski definition) is 4. The highest BCUT2D eigenvalue weighted by molar-refractivity contribution is 5.69. The molecule has 0 saturated carbocycles. The Labute approximate surface area is 171 Å². The molecule has 1 heterocycles. The lowest BCUT2D eigenvalue weighted by Gasteiger charge is -2.40. The van der Waals surface area contributed by atoms with Crippen molar-refractivity contribution in [2.45, 2.75) is 25.7 Å². The van der Waals surface area contributed by atoms with E-state index in [1.54, 1.807) is 6.92 Å². The van der Waals surface area contributed by atoms with E-state index in [1.165, 1.54) is 21.9 Å². The average Bonchev–Trinajstić information content (AvgIpc) is 2.71. The van der Waals surface area contributed by atoms with Gasteiger partial charge in [0.25, 0.3) is 0 Å². The predicted molar refractivity (Wildman–Crippen MR) is 101 cm³/mol. The summed E-state index contributed by atoms with van der Waals surface area (Å²) in [6.07, 6.45) is -5.53. The van der Waals surface area contributed by atoms with Crippen LogP contribution in [0.4, 0.5) is 28.0 Å². The molecule has 0 spiro atoms. The summed E-state index contributed by atoms with van der Waals surface area (Å²) >= 11 is 0. The number of nitrogens with zero attached hydrogens (tertiary/aromatic N) is 3. The van der Waals surface area contributed by atoms with Crippen molar-refractivity contribution in [2.75, 3.05) is 24.5 Å². The number of ether oxygens (including phenoxy) is 1. The maximum Gasteiger partial charge on any atom is 0.420 e. The molecule has 0 bridgehead atoms. The number of anilines is 1. The average molecular weight is 421 g/mol. The Morgan fingerprint density at radius 2 is 1.90 bits per heavy atom. The first-order valence-electron chi connectivity index (χ1n) is 9.24. The lowest BCUT2D eigenvalue weighted by Crippen LogP contribution is -2.54. The summed E-state index contributed by atoms with van der Waals surface area (Å²) in [6, 6.07) is 12.2. The molecule has 0 aliphatic carbocycles. The third kappa shape index (κ3) is 4.48. The van der Waals surface area contributed by atoms with E-state index >= 15 is 0 Å². The van der Waals surface area contributed by atoms with Gasteiger partial charge in [0, 0.05) is 25.7 Å². The maximum atomic E-state index is 14.7. The van der Waals surface area contributed by atoms with Crippen molar-refractivity contribution in [3.05, 3.63) is 65.0 Å². The number of carbonyl (C=O) groups is 1. The van der Waals surface area contributed by atoms with E-state index in [0.29, 0.717) is 0 Å². The summed E-state index contributed by atoms with van der Waals surface area (Å²) in [5.41, 5.74) is -1.75. The summed E-state index contributed by atoms with van der Waals surface area (Å²) < 4.78 is 59.7. The first-order chi connectivity index (χ1) is 14.2. The molecule has 0 N–H and O–H groups in total. The van der Waals surface area contributed by atoms with Gasteiger partial charge in [0.05, 0.1) is 17.3 Å². The minimum absolute atomic E-state index is 0.103. The number of alkyl halides is 3. The van der Waals surface area contributed by atoms with Gasteiger partial charge in [-0.15, -0.1) is 0 Å². The highest BCUT2D eigenvalue weighted by Gasteiger charge is 2.39. The van der Waals surface area contributed by atoms with Crippen LogP contribution in [0.15, 0.2) is 42.5 Å². The SMILES string of the molecule is C[C@H]1CN(c2ccc(C#N)c(C(F)(F)F)c2F)CCN1C(=O)OCc1ccccc1. The number of halogens is 4. The standard InChI is InChI=1S/C21H19F4N3O2/c1-14-12-27(17-8-7-16(11-26)18(19(17)22)21(23,24)25)9-10-28(14)20(29)30-13-15-5-3-2-4-6-15/h2-8,14H,9-10,12-13H2,1H3/t14-/m0/s1. The number of nitriles is 1. The molecule has 2 aromatic rings. The minimum Gasteiger partial charge on any atom is -0.445 e. The fourth-order valence-electron chi connectivity index (χ4n) is 3.43. The summed E-state index contributed by atoms with van der Waals surface area (Å²) in [5, 5.41) is 8.89. The van der Waals surface area contributed by atoms with Crippen LogP contribution in [0.2, 0.25) is 0 Å². The topological polar surface area (TPSA) is 56.6 Å². The quantitative estimate of drug-likeness (QED) is 0.682. The molecular formula is C21H19F4N3O2. The number of amides is 1. The molecule has 9 heteroatoms. The fourth-order valence-corrected chi connectivity index (χ4v) is 3.43. The molecule has 3 rings (SSSR count). The molecule has 1 aliphatic rings. The van der Waals surface area contributed by atoms with Crippen LogP contribution in [0.3, 0.4) is 0 Å². The molecule has 1 atom stereocenters. The van der Waals surface area contributed by atoms with Gasteiger partial charge in [0.2, 0.25) is 0 Å². The van der Waals surface area contributed by atoms with Crippen LogP contribution in [0.5, 0.6) is 0 Å². The molecule has 30 heavy (non-hydrogen) atoms. The molecule has 1 saturated heterocycles. The third-order valence-corrected chi connectivity index (χ3v) is 4.93. The Morgan fingerprint density at radius 3 is 2.50 bits per heavy atom. The van der Waals surface area contributed by atoms with Gasteiger partial charge in [-0.05, 0) is 24.6 Å². The van der Waals surface area contributed by atoms with Gasteiger partial charge in [-0.25, -0.2) is 9.18 Å². The van der Waals surface area contributed by atoms with Crippen LogP contribution in [0, 0.1) is 17.1 Å². The van der Waals surface area contributed by atoms with Crippen LogP contribution >= 0.6 is 0 Å². The van der Waals surface area contributed by atoms with Gasteiger partial charge in [-0.2, -0.15) is 18.4 Å². The molecule has 1 amide bonds. The molecule has 1 fully saturated rings. The summed E-state index contributed by atoms with van der Waals surface area (Å²) in [6.45, 7) is 2.23. The molecule has 2 aromatic carbocycles. The van der Waals surface area contributed by atoms with E-state index in [9.17, 15) is 22.4 Å². The van der Waals surface area contributed by atoms with Crippen molar-refractivity contribution in [1.82, 2.24) is 4.90 Å². The fraction of sp³-hybridized carbons (Fsp3) is 0.333. The third-order valence-electron chi connectivity index (χ3n) is 4.93. The van der Waals surface area contributed by atoms with Gasteiger partial charge < -0.3 is 14.5 Å². The number of hydrogen-bond donors (Lipinski definition) is 0. The smallest absolute Gasteiger partial charge is 0.420 e. The number of rotatable bonds is 3. The number of piperazine rings is 1. The second-order valence-corrected chi connectivity index (χ2v) is 6.96. The molecule has 1 aliphatic heterocycles. The summed E-state index contributed by atoms with van der Waals surface area (Å²) in [5.74, 6) is -1.48. The van der Waals surface area contributed by atoms with Crippen molar-refractivity contribution < 1.29 is 27.1 Å². The molecule has 0 aromatic heterocycles. The van der Waals surface area contributed by atoms with Gasteiger partial charge in [0.1, 0.15) is 12.2 Å². The highest BCUT2D eigenvalue weighted by Crippen LogP contribution is 2.38. The monoisotopic (exact) mass is 421 g/mol. The Morgan fingerprint density at radius 1 is 1.20 bits per heavy atom. The van der Waals surface area contributed by atoms with Crippen molar-refractivity contribution in [3.63, 3.8) is 0 Å². The van der Waals surface area contributed by atoms with Gasteiger partial charge in [-0.1, -0.05) is 30.3 Å². The van der Waals surface area contributed by atoms with Crippen LogP contribution in [0.1, 0.15) is 23.6 Å². The van der Waals surface area contributed by atoms with E-state index in [2.05, 4.69) is 0 Å². The molecular weight excluding hydrogens is 402 g/mol. The zero-order valence-electron chi connectivity index (χ0n) is 16.1. The molecule has 5 nitrogen and oxygen atoms in total. The van der Waals surface area contributed by atoms with Crippen molar-refractivity contribution in [2.24, 2.45) is 0 Å². The molecule has 0 unspecified atom stereocenters. The Hall–Kier alpha value is -3.28. The normalized spacial score (nSPS) is 16.9. The first-order valence-corrected chi connectivity index (χ1v) is 9.24. The van der Waals surface area contributed by atoms with E-state index < -0.39 is 35.3 Å². The highest BCUT2D eigenvalue weighted by atomic mass is 19.4. The lowest BCUT2D eigenvalue weighted by molar-refractivity contribution is -0.140. The second-order valence-electron chi connectivity index (χ2n) is 6.96. The summed E-state index contributed by atoms with van der Waals surface area (Å²) in [7, 11) is 0. The first kappa shape index (κ1) is 21.4.